The van der Waals surface area contributed by atoms with Crippen LogP contribution in [-0.4, -0.2) is 27.0 Å². The molecule has 0 aromatic carbocycles. The van der Waals surface area contributed by atoms with Crippen molar-refractivity contribution in [2.75, 3.05) is 7.11 Å². The summed E-state index contributed by atoms with van der Waals surface area (Å²) in [7, 11) is -0.379. The van der Waals surface area contributed by atoms with Crippen molar-refractivity contribution in [3.8, 4) is 0 Å². The first kappa shape index (κ1) is 18.2. The predicted octanol–water partition coefficient (Wildman–Crippen LogP) is 4.32. The Morgan fingerprint density at radius 1 is 1.48 bits per heavy atom. The first-order chi connectivity index (χ1) is 9.53. The average molecular weight is 311 g/mol. The van der Waals surface area contributed by atoms with Gasteiger partial charge in [-0.2, -0.15) is 0 Å². The lowest BCUT2D eigenvalue weighted by Gasteiger charge is -2.47. The zero-order chi connectivity index (χ0) is 16.4. The summed E-state index contributed by atoms with van der Waals surface area (Å²) in [6, 6.07) is 0. The highest BCUT2D eigenvalue weighted by atomic mass is 28.4. The van der Waals surface area contributed by atoms with Crippen molar-refractivity contribution in [2.45, 2.75) is 58.9 Å². The Kier molecular flexibility index (Phi) is 5.61. The van der Waals surface area contributed by atoms with E-state index in [1.165, 1.54) is 7.11 Å². The van der Waals surface area contributed by atoms with Gasteiger partial charge in [-0.1, -0.05) is 18.2 Å². The summed E-state index contributed by atoms with van der Waals surface area (Å²) in [5.74, 6) is -0.159. The Labute approximate surface area is 130 Å². The Bertz CT molecular complexity index is 447. The number of esters is 1. The molecule has 0 fully saturated rings. The molecule has 4 heteroatoms. The molecule has 0 aromatic rings. The minimum atomic E-state index is -1.82. The molecule has 0 N–H and O–H groups in total. The molecule has 0 aliphatic heterocycles. The van der Waals surface area contributed by atoms with Crippen molar-refractivity contribution in [1.29, 1.82) is 0 Å². The van der Waals surface area contributed by atoms with Gasteiger partial charge in [-0.25, -0.2) is 0 Å². The summed E-state index contributed by atoms with van der Waals surface area (Å²) in [5, 5.41) is 0. The summed E-state index contributed by atoms with van der Waals surface area (Å²) in [6.45, 7) is 16.6. The molecule has 3 atom stereocenters. The number of ether oxygens (including phenoxy) is 1. The van der Waals surface area contributed by atoms with Crippen LogP contribution in [0.5, 0.6) is 0 Å². The summed E-state index contributed by atoms with van der Waals surface area (Å²) >= 11 is 0. The molecule has 21 heavy (non-hydrogen) atoms. The third-order valence-electron chi connectivity index (χ3n) is 4.37. The second-order valence-corrected chi connectivity index (χ2v) is 11.6. The van der Waals surface area contributed by atoms with E-state index in [4.69, 9.17) is 9.16 Å². The Morgan fingerprint density at radius 2 is 2.05 bits per heavy atom. The first-order valence-corrected chi connectivity index (χ1v) is 11.0. The van der Waals surface area contributed by atoms with E-state index in [0.717, 1.165) is 24.0 Å². The molecule has 0 heterocycles. The zero-order valence-electron chi connectivity index (χ0n) is 14.6. The second-order valence-electron chi connectivity index (χ2n) is 7.22. The fraction of sp³-hybridized carbons (Fsp3) is 0.706. The van der Waals surface area contributed by atoms with Crippen LogP contribution in [0.15, 0.2) is 23.8 Å². The van der Waals surface area contributed by atoms with Crippen LogP contribution in [0.2, 0.25) is 19.6 Å². The van der Waals surface area contributed by atoms with E-state index < -0.39 is 13.9 Å². The molecule has 0 saturated carbocycles. The SMILES string of the molecule is C=C(C)C1CC=C(C)C(O[Si](C)(C)C)(C(C)C(=O)OC)C1. The topological polar surface area (TPSA) is 35.5 Å². The highest BCUT2D eigenvalue weighted by Crippen LogP contribution is 2.45. The summed E-state index contributed by atoms with van der Waals surface area (Å²) in [6.07, 6.45) is 4.00. The first-order valence-electron chi connectivity index (χ1n) is 7.64. The highest BCUT2D eigenvalue weighted by Gasteiger charge is 2.48. The normalized spacial score (nSPS) is 27.8. The zero-order valence-corrected chi connectivity index (χ0v) is 15.6. The lowest BCUT2D eigenvalue weighted by atomic mass is 9.70. The molecule has 1 aliphatic carbocycles. The number of carbonyl (C=O) groups is 1. The minimum absolute atomic E-state index is 0.205. The molecule has 0 amide bonds. The van der Waals surface area contributed by atoms with Gasteiger partial charge in [-0.3, -0.25) is 4.79 Å². The lowest BCUT2D eigenvalue weighted by Crippen LogP contribution is -2.53. The van der Waals surface area contributed by atoms with E-state index in [0.29, 0.717) is 5.92 Å². The van der Waals surface area contributed by atoms with E-state index >= 15 is 0 Å². The fourth-order valence-electron chi connectivity index (χ4n) is 3.12. The Balaban J connectivity index is 3.29. The fourth-order valence-corrected chi connectivity index (χ4v) is 4.63. The number of hydrogen-bond acceptors (Lipinski definition) is 3. The molecule has 3 unspecified atom stereocenters. The van der Waals surface area contributed by atoms with Crippen LogP contribution in [0.4, 0.5) is 0 Å². The quantitative estimate of drug-likeness (QED) is 0.431. The van der Waals surface area contributed by atoms with Crippen molar-refractivity contribution < 1.29 is 14.0 Å². The maximum atomic E-state index is 12.2. The van der Waals surface area contributed by atoms with Crippen molar-refractivity contribution in [1.82, 2.24) is 0 Å². The van der Waals surface area contributed by atoms with Gasteiger partial charge >= 0.3 is 5.97 Å². The molecular formula is C17H30O3Si. The molecule has 120 valence electrons. The molecule has 0 bridgehead atoms. The van der Waals surface area contributed by atoms with E-state index in [2.05, 4.69) is 46.1 Å². The van der Waals surface area contributed by atoms with Gasteiger partial charge in [0, 0.05) is 0 Å². The molecule has 1 aliphatic rings. The minimum Gasteiger partial charge on any atom is -0.469 e. The van der Waals surface area contributed by atoms with Gasteiger partial charge in [-0.05, 0) is 64.7 Å². The van der Waals surface area contributed by atoms with Crippen LogP contribution in [0.25, 0.3) is 0 Å². The molecule has 3 nitrogen and oxygen atoms in total. The van der Waals surface area contributed by atoms with Crippen molar-refractivity contribution >= 4 is 14.3 Å². The number of methoxy groups -OCH3 is 1. The van der Waals surface area contributed by atoms with Crippen LogP contribution in [0.3, 0.4) is 0 Å². The van der Waals surface area contributed by atoms with E-state index in [1.807, 2.05) is 6.92 Å². The Morgan fingerprint density at radius 3 is 2.48 bits per heavy atom. The average Bonchev–Trinajstić information content (AvgIpc) is 2.37. The third-order valence-corrected chi connectivity index (χ3v) is 5.34. The van der Waals surface area contributed by atoms with Crippen LogP contribution in [-0.2, 0) is 14.0 Å². The van der Waals surface area contributed by atoms with Gasteiger partial charge in [0.1, 0.15) is 0 Å². The van der Waals surface area contributed by atoms with Crippen molar-refractivity contribution in [3.05, 3.63) is 23.8 Å². The standard InChI is InChI=1S/C17H30O3Si/c1-12(2)15-10-9-13(3)17(11-15,20-21(6,7)8)14(4)16(18)19-5/h9,14-15H,1,10-11H2,2-8H3. The van der Waals surface area contributed by atoms with Gasteiger partial charge in [0.05, 0.1) is 18.6 Å². The largest absolute Gasteiger partial charge is 0.469 e. The van der Waals surface area contributed by atoms with Crippen molar-refractivity contribution in [2.24, 2.45) is 11.8 Å². The highest BCUT2D eigenvalue weighted by molar-refractivity contribution is 6.69. The lowest BCUT2D eigenvalue weighted by molar-refractivity contribution is -0.152. The summed E-state index contributed by atoms with van der Waals surface area (Å²) in [4.78, 5) is 12.2. The predicted molar refractivity (Wildman–Crippen MR) is 89.6 cm³/mol. The number of allylic oxidation sites excluding steroid dienone is 2. The number of carbonyl (C=O) groups excluding carboxylic acids is 1. The molecule has 0 spiro atoms. The maximum absolute atomic E-state index is 12.2. The van der Waals surface area contributed by atoms with Gasteiger partial charge in [0.2, 0.25) is 0 Å². The molecule has 1 rings (SSSR count). The molecule has 0 aromatic heterocycles. The second kappa shape index (κ2) is 6.49. The maximum Gasteiger partial charge on any atom is 0.311 e. The Hall–Kier alpha value is -0.873. The van der Waals surface area contributed by atoms with Crippen LogP contribution >= 0.6 is 0 Å². The van der Waals surface area contributed by atoms with Gasteiger partial charge in [0.25, 0.3) is 0 Å². The summed E-state index contributed by atoms with van der Waals surface area (Å²) in [5.41, 5.74) is 1.75. The molecular weight excluding hydrogens is 280 g/mol. The van der Waals surface area contributed by atoms with E-state index in [-0.39, 0.29) is 11.9 Å². The van der Waals surface area contributed by atoms with Gasteiger partial charge < -0.3 is 9.16 Å². The number of rotatable bonds is 5. The van der Waals surface area contributed by atoms with Gasteiger partial charge in [-0.15, -0.1) is 0 Å². The number of hydrogen-bond donors (Lipinski definition) is 0. The molecule has 0 saturated heterocycles. The van der Waals surface area contributed by atoms with E-state index in [9.17, 15) is 4.79 Å². The smallest absolute Gasteiger partial charge is 0.311 e. The molecule has 0 radical (unpaired) electrons. The summed E-state index contributed by atoms with van der Waals surface area (Å²) < 4.78 is 11.6. The van der Waals surface area contributed by atoms with Crippen LogP contribution in [0.1, 0.15) is 33.6 Å². The van der Waals surface area contributed by atoms with E-state index in [1.54, 1.807) is 0 Å². The monoisotopic (exact) mass is 310 g/mol. The van der Waals surface area contributed by atoms with Crippen molar-refractivity contribution in [3.63, 3.8) is 0 Å². The van der Waals surface area contributed by atoms with Crippen LogP contribution in [0, 0.1) is 11.8 Å². The van der Waals surface area contributed by atoms with Crippen LogP contribution < -0.4 is 0 Å². The van der Waals surface area contributed by atoms with Gasteiger partial charge in [0.15, 0.2) is 8.32 Å². The third kappa shape index (κ3) is 4.07.